The van der Waals surface area contributed by atoms with Crippen molar-refractivity contribution in [2.45, 2.75) is 12.8 Å². The van der Waals surface area contributed by atoms with Crippen molar-refractivity contribution in [3.8, 4) is 0 Å². The lowest BCUT2D eigenvalue weighted by Crippen LogP contribution is -2.39. The van der Waals surface area contributed by atoms with Gasteiger partial charge in [-0.1, -0.05) is 12.1 Å². The van der Waals surface area contributed by atoms with E-state index < -0.39 is 0 Å². The molecule has 21 heavy (non-hydrogen) atoms. The Morgan fingerprint density at radius 3 is 2.38 bits per heavy atom. The van der Waals surface area contributed by atoms with E-state index in [9.17, 15) is 0 Å². The molecule has 118 valence electrons. The summed E-state index contributed by atoms with van der Waals surface area (Å²) in [6, 6.07) is 8.71. The highest BCUT2D eigenvalue weighted by atomic mass is 16.5. The summed E-state index contributed by atoms with van der Waals surface area (Å²) in [4.78, 5) is 6.28. The third-order valence-electron chi connectivity index (χ3n) is 3.21. The molecule has 1 rings (SSSR count). The van der Waals surface area contributed by atoms with Crippen molar-refractivity contribution in [2.75, 3.05) is 52.8 Å². The van der Waals surface area contributed by atoms with E-state index in [0.717, 1.165) is 31.9 Å². The van der Waals surface area contributed by atoms with Gasteiger partial charge in [-0.15, -0.1) is 0 Å². The predicted molar refractivity (Wildman–Crippen MR) is 90.3 cm³/mol. The van der Waals surface area contributed by atoms with Crippen molar-refractivity contribution < 1.29 is 4.74 Å². The Bertz CT molecular complexity index is 415. The van der Waals surface area contributed by atoms with Gasteiger partial charge >= 0.3 is 0 Å². The van der Waals surface area contributed by atoms with Crippen LogP contribution in [-0.2, 0) is 11.2 Å². The van der Waals surface area contributed by atoms with E-state index in [-0.39, 0.29) is 0 Å². The molecule has 0 aromatic heterocycles. The number of hydrogen-bond donors (Lipinski definition) is 2. The molecule has 2 N–H and O–H groups in total. The van der Waals surface area contributed by atoms with Crippen LogP contribution in [0.3, 0.4) is 0 Å². The Kier molecular flexibility index (Phi) is 8.28. The average Bonchev–Trinajstić information content (AvgIpc) is 2.50. The molecule has 0 aliphatic rings. The van der Waals surface area contributed by atoms with Gasteiger partial charge in [0.2, 0.25) is 0 Å². The molecule has 5 heteroatoms. The summed E-state index contributed by atoms with van der Waals surface area (Å²) in [6.45, 7) is 2.35. The monoisotopic (exact) mass is 292 g/mol. The standard InChI is InChI=1S/C16H28N4O/c1-17-16(19-12-13-21-4)18-11-5-6-14-7-9-15(10-8-14)20(2)3/h7-10H,5-6,11-13H2,1-4H3,(H2,17,18,19). The molecule has 5 nitrogen and oxygen atoms in total. The number of anilines is 1. The minimum absolute atomic E-state index is 0.679. The summed E-state index contributed by atoms with van der Waals surface area (Å²) in [6.07, 6.45) is 2.14. The van der Waals surface area contributed by atoms with E-state index in [1.807, 2.05) is 0 Å². The van der Waals surface area contributed by atoms with Gasteiger partial charge in [0, 0.05) is 47.0 Å². The van der Waals surface area contributed by atoms with Crippen molar-refractivity contribution in [1.29, 1.82) is 0 Å². The molecule has 0 heterocycles. The first-order chi connectivity index (χ1) is 10.2. The summed E-state index contributed by atoms with van der Waals surface area (Å²) in [5.74, 6) is 0.829. The summed E-state index contributed by atoms with van der Waals surface area (Å²) in [7, 11) is 7.59. The van der Waals surface area contributed by atoms with Crippen molar-refractivity contribution in [3.05, 3.63) is 29.8 Å². The number of aliphatic imine (C=N–C) groups is 1. The first-order valence-electron chi connectivity index (χ1n) is 7.37. The lowest BCUT2D eigenvalue weighted by molar-refractivity contribution is 0.203. The molecular formula is C16H28N4O. The molecule has 0 aliphatic heterocycles. The van der Waals surface area contributed by atoms with Gasteiger partial charge in [0.1, 0.15) is 0 Å². The summed E-state index contributed by atoms with van der Waals surface area (Å²) < 4.78 is 5.00. The maximum Gasteiger partial charge on any atom is 0.191 e. The molecule has 1 aromatic rings. The van der Waals surface area contributed by atoms with Gasteiger partial charge in [0.25, 0.3) is 0 Å². The van der Waals surface area contributed by atoms with E-state index in [1.165, 1.54) is 11.3 Å². The van der Waals surface area contributed by atoms with Gasteiger partial charge in [0.05, 0.1) is 6.61 Å². The zero-order valence-electron chi connectivity index (χ0n) is 13.6. The molecule has 0 saturated heterocycles. The zero-order chi connectivity index (χ0) is 15.5. The van der Waals surface area contributed by atoms with Crippen LogP contribution in [0.2, 0.25) is 0 Å². The van der Waals surface area contributed by atoms with Crippen LogP contribution in [-0.4, -0.2) is 53.9 Å². The van der Waals surface area contributed by atoms with E-state index in [2.05, 4.69) is 58.9 Å². The Balaban J connectivity index is 2.23. The van der Waals surface area contributed by atoms with Crippen LogP contribution in [0.15, 0.2) is 29.3 Å². The molecule has 0 saturated carbocycles. The van der Waals surface area contributed by atoms with Crippen LogP contribution in [0, 0.1) is 0 Å². The van der Waals surface area contributed by atoms with E-state index in [4.69, 9.17) is 4.74 Å². The lowest BCUT2D eigenvalue weighted by atomic mass is 10.1. The molecule has 0 aliphatic carbocycles. The maximum atomic E-state index is 5.00. The van der Waals surface area contributed by atoms with Gasteiger partial charge in [-0.25, -0.2) is 0 Å². The second kappa shape index (κ2) is 10.0. The molecule has 0 spiro atoms. The number of nitrogens with one attached hydrogen (secondary N) is 2. The Morgan fingerprint density at radius 2 is 1.81 bits per heavy atom. The van der Waals surface area contributed by atoms with Gasteiger partial charge < -0.3 is 20.3 Å². The maximum absolute atomic E-state index is 5.00. The van der Waals surface area contributed by atoms with Crippen molar-refractivity contribution in [3.63, 3.8) is 0 Å². The van der Waals surface area contributed by atoms with Crippen LogP contribution in [0.25, 0.3) is 0 Å². The average molecular weight is 292 g/mol. The van der Waals surface area contributed by atoms with Crippen molar-refractivity contribution >= 4 is 11.6 Å². The quantitative estimate of drug-likeness (QED) is 0.433. The van der Waals surface area contributed by atoms with Gasteiger partial charge in [0.15, 0.2) is 5.96 Å². The number of nitrogens with zero attached hydrogens (tertiary/aromatic N) is 2. The molecule has 0 fully saturated rings. The van der Waals surface area contributed by atoms with Gasteiger partial charge in [-0.3, -0.25) is 4.99 Å². The zero-order valence-corrected chi connectivity index (χ0v) is 13.6. The first-order valence-corrected chi connectivity index (χ1v) is 7.37. The fraction of sp³-hybridized carbons (Fsp3) is 0.562. The fourth-order valence-corrected chi connectivity index (χ4v) is 1.95. The number of aryl methyl sites for hydroxylation is 1. The largest absolute Gasteiger partial charge is 0.383 e. The first kappa shape index (κ1) is 17.3. The highest BCUT2D eigenvalue weighted by Gasteiger charge is 1.98. The number of hydrogen-bond acceptors (Lipinski definition) is 3. The van der Waals surface area contributed by atoms with Crippen LogP contribution in [0.5, 0.6) is 0 Å². The summed E-state index contributed by atoms with van der Waals surface area (Å²) in [5.41, 5.74) is 2.60. The van der Waals surface area contributed by atoms with E-state index in [0.29, 0.717) is 6.61 Å². The van der Waals surface area contributed by atoms with Crippen LogP contribution < -0.4 is 15.5 Å². The number of methoxy groups -OCH3 is 1. The molecule has 1 aromatic carbocycles. The number of rotatable bonds is 8. The van der Waals surface area contributed by atoms with Gasteiger partial charge in [-0.2, -0.15) is 0 Å². The molecule has 0 bridgehead atoms. The van der Waals surface area contributed by atoms with Gasteiger partial charge in [-0.05, 0) is 30.5 Å². The molecule has 0 unspecified atom stereocenters. The van der Waals surface area contributed by atoms with E-state index >= 15 is 0 Å². The topological polar surface area (TPSA) is 48.9 Å². The molecule has 0 atom stereocenters. The summed E-state index contributed by atoms with van der Waals surface area (Å²) in [5, 5.41) is 6.50. The lowest BCUT2D eigenvalue weighted by Gasteiger charge is -2.13. The second-order valence-corrected chi connectivity index (χ2v) is 5.08. The van der Waals surface area contributed by atoms with Crippen LogP contribution >= 0.6 is 0 Å². The third kappa shape index (κ3) is 6.99. The number of guanidine groups is 1. The van der Waals surface area contributed by atoms with Crippen LogP contribution in [0.1, 0.15) is 12.0 Å². The Morgan fingerprint density at radius 1 is 1.14 bits per heavy atom. The highest BCUT2D eigenvalue weighted by molar-refractivity contribution is 5.79. The highest BCUT2D eigenvalue weighted by Crippen LogP contribution is 2.13. The van der Waals surface area contributed by atoms with Crippen molar-refractivity contribution in [1.82, 2.24) is 10.6 Å². The summed E-state index contributed by atoms with van der Waals surface area (Å²) >= 11 is 0. The predicted octanol–water partition coefficient (Wildman–Crippen LogP) is 1.50. The molecular weight excluding hydrogens is 264 g/mol. The molecule has 0 amide bonds. The van der Waals surface area contributed by atoms with E-state index in [1.54, 1.807) is 14.2 Å². The minimum Gasteiger partial charge on any atom is -0.383 e. The fourth-order valence-electron chi connectivity index (χ4n) is 1.95. The normalized spacial score (nSPS) is 11.3. The Hall–Kier alpha value is -1.75. The van der Waals surface area contributed by atoms with Crippen molar-refractivity contribution in [2.24, 2.45) is 4.99 Å². The third-order valence-corrected chi connectivity index (χ3v) is 3.21. The number of benzene rings is 1. The molecule has 0 radical (unpaired) electrons. The second-order valence-electron chi connectivity index (χ2n) is 5.08. The number of ether oxygens (including phenoxy) is 1. The van der Waals surface area contributed by atoms with Crippen LogP contribution in [0.4, 0.5) is 5.69 Å². The minimum atomic E-state index is 0.679. The Labute approximate surface area is 128 Å². The SMILES string of the molecule is CN=C(NCCCc1ccc(N(C)C)cc1)NCCOC. The smallest absolute Gasteiger partial charge is 0.191 e.